The number of carbonyl (C=O) groups excluding carboxylic acids is 1. The number of carbonyl (C=O) groups is 1. The summed E-state index contributed by atoms with van der Waals surface area (Å²) >= 11 is 12.3. The van der Waals surface area contributed by atoms with Gasteiger partial charge in [-0.25, -0.2) is 4.98 Å². The zero-order chi connectivity index (χ0) is 22.1. The van der Waals surface area contributed by atoms with Crippen LogP contribution in [0.4, 0.5) is 11.5 Å². The molecule has 2 aromatic carbocycles. The lowest BCUT2D eigenvalue weighted by Gasteiger charge is -2.27. The molecule has 0 spiro atoms. The lowest BCUT2D eigenvalue weighted by Crippen LogP contribution is -2.48. The van der Waals surface area contributed by atoms with E-state index in [0.717, 1.165) is 40.5 Å². The van der Waals surface area contributed by atoms with Crippen LogP contribution >= 0.6 is 23.2 Å². The number of halogens is 2. The van der Waals surface area contributed by atoms with Crippen molar-refractivity contribution in [2.45, 2.75) is 6.54 Å². The molecule has 2 N–H and O–H groups in total. The Morgan fingerprint density at radius 1 is 1.06 bits per heavy atom. The van der Waals surface area contributed by atoms with E-state index in [4.69, 9.17) is 28.2 Å². The summed E-state index contributed by atoms with van der Waals surface area (Å²) in [5.74, 6) is 0.873. The number of piperazine rings is 1. The monoisotopic (exact) mass is 466 g/mol. The summed E-state index contributed by atoms with van der Waals surface area (Å²) in [4.78, 5) is 18.7. The molecule has 162 valence electrons. The van der Waals surface area contributed by atoms with E-state index in [9.17, 15) is 4.79 Å². The standard InChI is InChI=1S/C23H20Cl2N6O/c24-17-4-1-16(19(25)11-17)13-27-22-12-20(29-21-7-8-28-31(21)22)15-2-5-18(6-3-15)30-10-9-26-14-23(30)32/h1-8,11-12,26-27H,9-10,13-14H2. The molecule has 9 heteroatoms. The van der Waals surface area contributed by atoms with Gasteiger partial charge in [0.05, 0.1) is 18.4 Å². The van der Waals surface area contributed by atoms with Gasteiger partial charge in [-0.05, 0) is 29.8 Å². The number of amides is 1. The minimum absolute atomic E-state index is 0.0788. The zero-order valence-electron chi connectivity index (χ0n) is 17.1. The molecule has 0 unspecified atom stereocenters. The summed E-state index contributed by atoms with van der Waals surface area (Å²) in [5, 5.41) is 12.1. The number of anilines is 2. The number of rotatable bonds is 5. The van der Waals surface area contributed by atoms with Crippen molar-refractivity contribution < 1.29 is 4.79 Å². The van der Waals surface area contributed by atoms with Crippen molar-refractivity contribution in [1.82, 2.24) is 19.9 Å². The third kappa shape index (κ3) is 4.14. The molecule has 1 aliphatic rings. The van der Waals surface area contributed by atoms with E-state index in [2.05, 4.69) is 15.7 Å². The van der Waals surface area contributed by atoms with E-state index < -0.39 is 0 Å². The largest absolute Gasteiger partial charge is 0.366 e. The van der Waals surface area contributed by atoms with Crippen LogP contribution < -0.4 is 15.5 Å². The Labute approximate surface area is 195 Å². The van der Waals surface area contributed by atoms with Crippen molar-refractivity contribution in [2.75, 3.05) is 29.9 Å². The van der Waals surface area contributed by atoms with Gasteiger partial charge in [-0.3, -0.25) is 4.79 Å². The third-order valence-corrected chi connectivity index (χ3v) is 5.99. The van der Waals surface area contributed by atoms with Crippen LogP contribution in [0.1, 0.15) is 5.56 Å². The Kier molecular flexibility index (Phi) is 5.70. The van der Waals surface area contributed by atoms with Crippen LogP contribution in [0.5, 0.6) is 0 Å². The van der Waals surface area contributed by atoms with Gasteiger partial charge in [-0.1, -0.05) is 41.4 Å². The highest BCUT2D eigenvalue weighted by molar-refractivity contribution is 6.35. The van der Waals surface area contributed by atoms with Crippen LogP contribution in [-0.2, 0) is 11.3 Å². The molecule has 1 fully saturated rings. The second-order valence-electron chi connectivity index (χ2n) is 7.49. The highest BCUT2D eigenvalue weighted by Gasteiger charge is 2.19. The molecular formula is C23H20Cl2N6O. The molecule has 32 heavy (non-hydrogen) atoms. The Balaban J connectivity index is 1.43. The summed E-state index contributed by atoms with van der Waals surface area (Å²) in [6.07, 6.45) is 1.71. The van der Waals surface area contributed by atoms with E-state index in [1.807, 2.05) is 48.5 Å². The lowest BCUT2D eigenvalue weighted by molar-refractivity contribution is -0.118. The maximum absolute atomic E-state index is 12.2. The van der Waals surface area contributed by atoms with Crippen LogP contribution in [0, 0.1) is 0 Å². The van der Waals surface area contributed by atoms with E-state index in [1.54, 1.807) is 21.7 Å². The fraction of sp³-hybridized carbons (Fsp3) is 0.174. The minimum Gasteiger partial charge on any atom is -0.366 e. The number of nitrogens with one attached hydrogen (secondary N) is 2. The first kappa shape index (κ1) is 20.8. The number of hydrogen-bond acceptors (Lipinski definition) is 5. The number of hydrogen-bond donors (Lipinski definition) is 2. The van der Waals surface area contributed by atoms with Crippen LogP contribution in [0.3, 0.4) is 0 Å². The second-order valence-corrected chi connectivity index (χ2v) is 8.33. The fourth-order valence-corrected chi connectivity index (χ4v) is 4.20. The Morgan fingerprint density at radius 2 is 1.91 bits per heavy atom. The van der Waals surface area contributed by atoms with Crippen molar-refractivity contribution in [3.63, 3.8) is 0 Å². The van der Waals surface area contributed by atoms with E-state index >= 15 is 0 Å². The fourth-order valence-electron chi connectivity index (χ4n) is 3.73. The molecule has 0 bridgehead atoms. The maximum Gasteiger partial charge on any atom is 0.240 e. The first-order valence-electron chi connectivity index (χ1n) is 10.2. The molecular weight excluding hydrogens is 447 g/mol. The predicted octanol–water partition coefficient (Wildman–Crippen LogP) is 4.25. The molecule has 3 heterocycles. The first-order chi connectivity index (χ1) is 15.6. The summed E-state index contributed by atoms with van der Waals surface area (Å²) in [5.41, 5.74) is 4.31. The Bertz CT molecular complexity index is 1290. The maximum atomic E-state index is 12.2. The van der Waals surface area contributed by atoms with Crippen molar-refractivity contribution in [3.8, 4) is 11.3 Å². The van der Waals surface area contributed by atoms with Gasteiger partial charge in [-0.2, -0.15) is 9.61 Å². The smallest absolute Gasteiger partial charge is 0.240 e. The number of aromatic nitrogens is 3. The molecule has 4 aromatic rings. The van der Waals surface area contributed by atoms with Gasteiger partial charge in [-0.15, -0.1) is 0 Å². The summed E-state index contributed by atoms with van der Waals surface area (Å²) in [7, 11) is 0. The molecule has 1 aliphatic heterocycles. The van der Waals surface area contributed by atoms with Gasteiger partial charge in [0.2, 0.25) is 5.91 Å². The highest BCUT2D eigenvalue weighted by atomic mass is 35.5. The molecule has 7 nitrogen and oxygen atoms in total. The van der Waals surface area contributed by atoms with Gasteiger partial charge < -0.3 is 15.5 Å². The van der Waals surface area contributed by atoms with Crippen LogP contribution in [0.2, 0.25) is 10.0 Å². The molecule has 1 saturated heterocycles. The Hall–Kier alpha value is -3.13. The second kappa shape index (κ2) is 8.78. The minimum atomic E-state index is 0.0788. The van der Waals surface area contributed by atoms with Gasteiger partial charge in [0.1, 0.15) is 5.82 Å². The number of benzene rings is 2. The average Bonchev–Trinajstić information content (AvgIpc) is 3.28. The van der Waals surface area contributed by atoms with Crippen molar-refractivity contribution in [2.24, 2.45) is 0 Å². The van der Waals surface area contributed by atoms with Gasteiger partial charge in [0.15, 0.2) is 5.65 Å². The molecule has 0 radical (unpaired) electrons. The number of nitrogens with zero attached hydrogens (tertiary/aromatic N) is 4. The summed E-state index contributed by atoms with van der Waals surface area (Å²) in [6.45, 7) is 2.34. The molecule has 1 amide bonds. The predicted molar refractivity (Wildman–Crippen MR) is 127 cm³/mol. The normalized spacial score (nSPS) is 14.2. The molecule has 2 aromatic heterocycles. The van der Waals surface area contributed by atoms with Crippen LogP contribution in [0.15, 0.2) is 60.8 Å². The molecule has 0 aliphatic carbocycles. The first-order valence-corrected chi connectivity index (χ1v) is 11.0. The number of fused-ring (bicyclic) bond motifs is 1. The Morgan fingerprint density at radius 3 is 2.69 bits per heavy atom. The van der Waals surface area contributed by atoms with E-state index in [-0.39, 0.29) is 5.91 Å². The third-order valence-electron chi connectivity index (χ3n) is 5.40. The molecule has 0 atom stereocenters. The van der Waals surface area contributed by atoms with E-state index in [1.165, 1.54) is 0 Å². The topological polar surface area (TPSA) is 74.6 Å². The van der Waals surface area contributed by atoms with E-state index in [0.29, 0.717) is 29.7 Å². The van der Waals surface area contributed by atoms with Crippen molar-refractivity contribution >= 4 is 46.3 Å². The zero-order valence-corrected chi connectivity index (χ0v) is 18.6. The van der Waals surface area contributed by atoms with Crippen molar-refractivity contribution in [1.29, 1.82) is 0 Å². The average molecular weight is 467 g/mol. The van der Waals surface area contributed by atoms with Gasteiger partial charge in [0, 0.05) is 53.1 Å². The van der Waals surface area contributed by atoms with Crippen LogP contribution in [0.25, 0.3) is 16.9 Å². The van der Waals surface area contributed by atoms with Crippen molar-refractivity contribution in [3.05, 3.63) is 76.4 Å². The SMILES string of the molecule is O=C1CNCCN1c1ccc(-c2cc(NCc3ccc(Cl)cc3Cl)n3nccc3n2)cc1. The molecule has 5 rings (SSSR count). The lowest BCUT2D eigenvalue weighted by atomic mass is 10.1. The quantitative estimate of drug-likeness (QED) is 0.459. The highest BCUT2D eigenvalue weighted by Crippen LogP contribution is 2.27. The summed E-state index contributed by atoms with van der Waals surface area (Å²) < 4.78 is 1.75. The van der Waals surface area contributed by atoms with Crippen LogP contribution in [-0.4, -0.2) is 40.1 Å². The molecule has 0 saturated carbocycles. The van der Waals surface area contributed by atoms with Gasteiger partial charge in [0.25, 0.3) is 0 Å². The van der Waals surface area contributed by atoms with Gasteiger partial charge >= 0.3 is 0 Å². The summed E-state index contributed by atoms with van der Waals surface area (Å²) in [6, 6.07) is 17.1.